The van der Waals surface area contributed by atoms with Gasteiger partial charge in [-0.2, -0.15) is 0 Å². The minimum absolute atomic E-state index is 0.247. The molecule has 100 valence electrons. The molecule has 3 atom stereocenters. The zero-order chi connectivity index (χ0) is 12.1. The van der Waals surface area contributed by atoms with Crippen molar-refractivity contribution in [2.75, 3.05) is 32.8 Å². The monoisotopic (exact) mass is 242 g/mol. The van der Waals surface area contributed by atoms with Crippen molar-refractivity contribution in [3.8, 4) is 0 Å². The zero-order valence-corrected chi connectivity index (χ0v) is 10.9. The lowest BCUT2D eigenvalue weighted by Crippen LogP contribution is -2.45. The lowest BCUT2D eigenvalue weighted by atomic mass is 10.2. The van der Waals surface area contributed by atoms with Crippen LogP contribution in [-0.2, 0) is 4.74 Å². The summed E-state index contributed by atoms with van der Waals surface area (Å²) < 4.78 is 5.82. The summed E-state index contributed by atoms with van der Waals surface area (Å²) in [4.78, 5) is 2.50. The number of nitrogens with one attached hydrogen (secondary N) is 1. The molecule has 2 saturated heterocycles. The van der Waals surface area contributed by atoms with Gasteiger partial charge in [-0.1, -0.05) is 6.92 Å². The molecule has 0 aromatic carbocycles. The molecule has 0 amide bonds. The Morgan fingerprint density at radius 2 is 2.06 bits per heavy atom. The van der Waals surface area contributed by atoms with Gasteiger partial charge in [0, 0.05) is 19.1 Å². The fourth-order valence-corrected chi connectivity index (χ4v) is 2.83. The number of aliphatic hydroxyl groups is 1. The first-order valence-corrected chi connectivity index (χ1v) is 7.04. The summed E-state index contributed by atoms with van der Waals surface area (Å²) in [5, 5.41) is 12.7. The Hall–Kier alpha value is -0.160. The lowest BCUT2D eigenvalue weighted by molar-refractivity contribution is -0.0394. The molecule has 2 aliphatic rings. The molecule has 2 bridgehead atoms. The average Bonchev–Trinajstić information content (AvgIpc) is 2.69. The Morgan fingerprint density at radius 1 is 1.35 bits per heavy atom. The van der Waals surface area contributed by atoms with Crippen LogP contribution in [0.4, 0.5) is 0 Å². The number of aliphatic hydroxyl groups excluding tert-OH is 1. The molecule has 0 saturated carbocycles. The average molecular weight is 242 g/mol. The van der Waals surface area contributed by atoms with E-state index in [0.29, 0.717) is 12.2 Å². The van der Waals surface area contributed by atoms with Crippen LogP contribution in [0.1, 0.15) is 32.6 Å². The number of hydrogen-bond acceptors (Lipinski definition) is 4. The molecular formula is C13H26N2O2. The SMILES string of the molecule is CCCNC(CO)CCN1CC2CCC(C1)O2. The quantitative estimate of drug-likeness (QED) is 0.686. The van der Waals surface area contributed by atoms with E-state index in [1.807, 2.05) is 0 Å². The van der Waals surface area contributed by atoms with Gasteiger partial charge >= 0.3 is 0 Å². The molecule has 2 fully saturated rings. The van der Waals surface area contributed by atoms with Crippen LogP contribution in [0.25, 0.3) is 0 Å². The fraction of sp³-hybridized carbons (Fsp3) is 1.00. The van der Waals surface area contributed by atoms with Crippen molar-refractivity contribution in [1.82, 2.24) is 10.2 Å². The maximum atomic E-state index is 9.29. The molecule has 3 unspecified atom stereocenters. The molecule has 0 radical (unpaired) electrons. The van der Waals surface area contributed by atoms with Crippen LogP contribution in [0.15, 0.2) is 0 Å². The fourth-order valence-electron chi connectivity index (χ4n) is 2.83. The third-order valence-corrected chi connectivity index (χ3v) is 3.82. The van der Waals surface area contributed by atoms with E-state index in [-0.39, 0.29) is 12.6 Å². The normalized spacial score (nSPS) is 30.7. The van der Waals surface area contributed by atoms with Gasteiger partial charge in [-0.05, 0) is 38.8 Å². The van der Waals surface area contributed by atoms with Crippen molar-refractivity contribution < 1.29 is 9.84 Å². The topological polar surface area (TPSA) is 44.7 Å². The summed E-state index contributed by atoms with van der Waals surface area (Å²) >= 11 is 0. The number of rotatable bonds is 7. The van der Waals surface area contributed by atoms with E-state index >= 15 is 0 Å². The van der Waals surface area contributed by atoms with E-state index in [1.54, 1.807) is 0 Å². The first kappa shape index (κ1) is 13.3. The van der Waals surface area contributed by atoms with Gasteiger partial charge in [-0.15, -0.1) is 0 Å². The largest absolute Gasteiger partial charge is 0.395 e. The van der Waals surface area contributed by atoms with Crippen LogP contribution in [0, 0.1) is 0 Å². The standard InChI is InChI=1S/C13H26N2O2/c1-2-6-14-11(10-16)5-7-15-8-12-3-4-13(9-15)17-12/h11-14,16H,2-10H2,1H3. The van der Waals surface area contributed by atoms with E-state index in [9.17, 15) is 5.11 Å². The number of ether oxygens (including phenoxy) is 1. The molecular weight excluding hydrogens is 216 g/mol. The minimum atomic E-state index is 0.247. The molecule has 0 spiro atoms. The minimum Gasteiger partial charge on any atom is -0.395 e. The third kappa shape index (κ3) is 3.91. The van der Waals surface area contributed by atoms with E-state index in [4.69, 9.17) is 4.74 Å². The first-order valence-electron chi connectivity index (χ1n) is 7.04. The molecule has 0 aliphatic carbocycles. The summed E-state index contributed by atoms with van der Waals surface area (Å²) in [6.07, 6.45) is 5.58. The van der Waals surface area contributed by atoms with Crippen LogP contribution >= 0.6 is 0 Å². The molecule has 2 heterocycles. The van der Waals surface area contributed by atoms with Crippen LogP contribution in [-0.4, -0.2) is 61.0 Å². The summed E-state index contributed by atoms with van der Waals surface area (Å²) in [6, 6.07) is 0.260. The van der Waals surface area contributed by atoms with Crippen molar-refractivity contribution in [2.24, 2.45) is 0 Å². The molecule has 4 heteroatoms. The van der Waals surface area contributed by atoms with Crippen molar-refractivity contribution in [2.45, 2.75) is 50.9 Å². The van der Waals surface area contributed by atoms with Crippen molar-refractivity contribution in [3.63, 3.8) is 0 Å². The Balaban J connectivity index is 1.66. The highest BCUT2D eigenvalue weighted by Gasteiger charge is 2.33. The summed E-state index contributed by atoms with van der Waals surface area (Å²) in [7, 11) is 0. The highest BCUT2D eigenvalue weighted by molar-refractivity contribution is 4.85. The summed E-state index contributed by atoms with van der Waals surface area (Å²) in [6.45, 7) is 6.65. The van der Waals surface area contributed by atoms with Crippen LogP contribution < -0.4 is 5.32 Å². The molecule has 17 heavy (non-hydrogen) atoms. The predicted molar refractivity (Wildman–Crippen MR) is 68.1 cm³/mol. The summed E-state index contributed by atoms with van der Waals surface area (Å²) in [5.74, 6) is 0. The van der Waals surface area contributed by atoms with Crippen LogP contribution in [0.3, 0.4) is 0 Å². The lowest BCUT2D eigenvalue weighted by Gasteiger charge is -2.32. The smallest absolute Gasteiger partial charge is 0.0707 e. The molecule has 0 aromatic rings. The van der Waals surface area contributed by atoms with E-state index in [1.165, 1.54) is 12.8 Å². The maximum absolute atomic E-state index is 9.29. The molecule has 2 rings (SSSR count). The van der Waals surface area contributed by atoms with Crippen LogP contribution in [0.5, 0.6) is 0 Å². The number of morpholine rings is 1. The second-order valence-corrected chi connectivity index (χ2v) is 5.34. The van der Waals surface area contributed by atoms with Crippen molar-refractivity contribution >= 4 is 0 Å². The van der Waals surface area contributed by atoms with Gasteiger partial charge in [-0.25, -0.2) is 0 Å². The van der Waals surface area contributed by atoms with Gasteiger partial charge in [0.25, 0.3) is 0 Å². The van der Waals surface area contributed by atoms with Crippen LogP contribution in [0.2, 0.25) is 0 Å². The van der Waals surface area contributed by atoms with Crippen molar-refractivity contribution in [3.05, 3.63) is 0 Å². The van der Waals surface area contributed by atoms with Crippen molar-refractivity contribution in [1.29, 1.82) is 0 Å². The van der Waals surface area contributed by atoms with Gasteiger partial charge in [0.05, 0.1) is 18.8 Å². The molecule has 2 aliphatic heterocycles. The van der Waals surface area contributed by atoms with Gasteiger partial charge in [0.2, 0.25) is 0 Å². The second-order valence-electron chi connectivity index (χ2n) is 5.34. The second kappa shape index (κ2) is 6.69. The van der Waals surface area contributed by atoms with Gasteiger partial charge in [0.1, 0.15) is 0 Å². The molecule has 0 aromatic heterocycles. The Morgan fingerprint density at radius 3 is 2.65 bits per heavy atom. The third-order valence-electron chi connectivity index (χ3n) is 3.82. The van der Waals surface area contributed by atoms with E-state index < -0.39 is 0 Å². The molecule has 4 nitrogen and oxygen atoms in total. The maximum Gasteiger partial charge on any atom is 0.0707 e. The van der Waals surface area contributed by atoms with Gasteiger partial charge in [0.15, 0.2) is 0 Å². The number of fused-ring (bicyclic) bond motifs is 2. The van der Waals surface area contributed by atoms with Gasteiger partial charge < -0.3 is 15.2 Å². The Bertz CT molecular complexity index is 213. The van der Waals surface area contributed by atoms with Gasteiger partial charge in [-0.3, -0.25) is 4.90 Å². The number of likely N-dealkylation sites (tertiary alicyclic amines) is 1. The highest BCUT2D eigenvalue weighted by Crippen LogP contribution is 2.26. The summed E-state index contributed by atoms with van der Waals surface area (Å²) in [5.41, 5.74) is 0. The Kier molecular flexibility index (Phi) is 5.22. The first-order chi connectivity index (χ1) is 8.31. The number of nitrogens with zero attached hydrogens (tertiary/aromatic N) is 1. The predicted octanol–water partition coefficient (Wildman–Crippen LogP) is 0.600. The van der Waals surface area contributed by atoms with E-state index in [0.717, 1.165) is 39.0 Å². The molecule has 2 N–H and O–H groups in total. The number of hydrogen-bond donors (Lipinski definition) is 2. The highest BCUT2D eigenvalue weighted by atomic mass is 16.5. The van der Waals surface area contributed by atoms with E-state index in [2.05, 4.69) is 17.1 Å². The Labute approximate surface area is 104 Å². The zero-order valence-electron chi connectivity index (χ0n) is 10.9.